The van der Waals surface area contributed by atoms with Crippen LogP contribution in [0.3, 0.4) is 0 Å². The fraction of sp³-hybridized carbons (Fsp3) is 0.278. The van der Waals surface area contributed by atoms with E-state index in [9.17, 15) is 13.2 Å². The molecule has 2 N–H and O–H groups in total. The van der Waals surface area contributed by atoms with Gasteiger partial charge < -0.3 is 10.1 Å². The monoisotopic (exact) mass is 362 g/mol. The highest BCUT2D eigenvalue weighted by molar-refractivity contribution is 7.89. The Morgan fingerprint density at radius 3 is 2.60 bits per heavy atom. The maximum absolute atomic E-state index is 12.3. The third-order valence-corrected chi connectivity index (χ3v) is 5.16. The standard InChI is InChI=1S/C18H22N2O4S/c1-14-6-3-4-7-16(14)13-19-18(21)15-8-5-9-17(12-15)25(22,23)20-10-11-24-2/h3-9,12,20H,10-11,13H2,1-2H3,(H,19,21). The molecule has 0 bridgehead atoms. The average molecular weight is 362 g/mol. The van der Waals surface area contributed by atoms with Gasteiger partial charge in [0.15, 0.2) is 0 Å². The van der Waals surface area contributed by atoms with Gasteiger partial charge in [-0.2, -0.15) is 0 Å². The maximum atomic E-state index is 12.3. The minimum absolute atomic E-state index is 0.0483. The summed E-state index contributed by atoms with van der Waals surface area (Å²) < 4.78 is 31.7. The van der Waals surface area contributed by atoms with Crippen LogP contribution in [0.4, 0.5) is 0 Å². The number of nitrogens with one attached hydrogen (secondary N) is 2. The van der Waals surface area contributed by atoms with Gasteiger partial charge in [0.2, 0.25) is 10.0 Å². The van der Waals surface area contributed by atoms with E-state index in [1.165, 1.54) is 19.2 Å². The average Bonchev–Trinajstić information content (AvgIpc) is 2.61. The second-order valence-electron chi connectivity index (χ2n) is 5.53. The predicted octanol–water partition coefficient (Wildman–Crippen LogP) is 1.85. The lowest BCUT2D eigenvalue weighted by molar-refractivity contribution is 0.0950. The van der Waals surface area contributed by atoms with E-state index in [4.69, 9.17) is 4.74 Å². The van der Waals surface area contributed by atoms with Crippen molar-refractivity contribution in [2.24, 2.45) is 0 Å². The SMILES string of the molecule is COCCNS(=O)(=O)c1cccc(C(=O)NCc2ccccc2C)c1. The van der Waals surface area contributed by atoms with E-state index < -0.39 is 10.0 Å². The van der Waals surface area contributed by atoms with Crippen molar-refractivity contribution < 1.29 is 17.9 Å². The lowest BCUT2D eigenvalue weighted by Crippen LogP contribution is -2.28. The summed E-state index contributed by atoms with van der Waals surface area (Å²) >= 11 is 0. The second-order valence-corrected chi connectivity index (χ2v) is 7.29. The van der Waals surface area contributed by atoms with Crippen LogP contribution in [0.1, 0.15) is 21.5 Å². The molecule has 0 heterocycles. The maximum Gasteiger partial charge on any atom is 0.251 e. The Kier molecular flexibility index (Phi) is 6.69. The first-order valence-electron chi connectivity index (χ1n) is 7.85. The molecule has 0 saturated carbocycles. The summed E-state index contributed by atoms with van der Waals surface area (Å²) in [7, 11) is -2.18. The fourth-order valence-corrected chi connectivity index (χ4v) is 3.31. The van der Waals surface area contributed by atoms with Gasteiger partial charge >= 0.3 is 0 Å². The zero-order valence-electron chi connectivity index (χ0n) is 14.3. The molecule has 2 rings (SSSR count). The Morgan fingerprint density at radius 2 is 1.88 bits per heavy atom. The van der Waals surface area contributed by atoms with Crippen LogP contribution in [-0.4, -0.2) is 34.6 Å². The minimum atomic E-state index is -3.67. The summed E-state index contributed by atoms with van der Waals surface area (Å²) in [5, 5.41) is 2.81. The van der Waals surface area contributed by atoms with Crippen molar-refractivity contribution >= 4 is 15.9 Å². The van der Waals surface area contributed by atoms with Gasteiger partial charge in [-0.15, -0.1) is 0 Å². The van der Waals surface area contributed by atoms with Crippen LogP contribution in [0.15, 0.2) is 53.4 Å². The normalized spacial score (nSPS) is 11.3. The molecule has 1 amide bonds. The number of hydrogen-bond acceptors (Lipinski definition) is 4. The molecule has 0 saturated heterocycles. The molecule has 0 aliphatic rings. The molecule has 2 aromatic carbocycles. The molecular formula is C18H22N2O4S. The zero-order valence-corrected chi connectivity index (χ0v) is 15.1. The van der Waals surface area contributed by atoms with Crippen LogP contribution in [-0.2, 0) is 21.3 Å². The van der Waals surface area contributed by atoms with Crippen LogP contribution in [0.5, 0.6) is 0 Å². The third-order valence-electron chi connectivity index (χ3n) is 3.71. The Bertz CT molecular complexity index is 834. The van der Waals surface area contributed by atoms with Crippen molar-refractivity contribution in [1.29, 1.82) is 0 Å². The molecule has 0 spiro atoms. The topological polar surface area (TPSA) is 84.5 Å². The number of sulfonamides is 1. The van der Waals surface area contributed by atoms with Crippen molar-refractivity contribution in [1.82, 2.24) is 10.0 Å². The number of carbonyl (C=O) groups is 1. The molecule has 0 radical (unpaired) electrons. The van der Waals surface area contributed by atoms with Crippen molar-refractivity contribution in [2.75, 3.05) is 20.3 Å². The van der Waals surface area contributed by atoms with Crippen LogP contribution >= 0.6 is 0 Å². The van der Waals surface area contributed by atoms with Crippen LogP contribution in [0.2, 0.25) is 0 Å². The van der Waals surface area contributed by atoms with Gasteiger partial charge in [0.05, 0.1) is 11.5 Å². The molecule has 134 valence electrons. The summed E-state index contributed by atoms with van der Waals surface area (Å²) in [6.07, 6.45) is 0. The first kappa shape index (κ1) is 19.1. The van der Waals surface area contributed by atoms with Crippen LogP contribution in [0, 0.1) is 6.92 Å². The molecule has 0 unspecified atom stereocenters. The van der Waals surface area contributed by atoms with Crippen molar-refractivity contribution in [2.45, 2.75) is 18.4 Å². The summed E-state index contributed by atoms with van der Waals surface area (Å²) in [6.45, 7) is 2.80. The Hall–Kier alpha value is -2.22. The Morgan fingerprint density at radius 1 is 1.12 bits per heavy atom. The number of rotatable bonds is 8. The number of amides is 1. The number of benzene rings is 2. The first-order chi connectivity index (χ1) is 11.9. The molecule has 7 heteroatoms. The zero-order chi connectivity index (χ0) is 18.3. The molecule has 0 fully saturated rings. The quantitative estimate of drug-likeness (QED) is 0.702. The van der Waals surface area contributed by atoms with E-state index in [1.807, 2.05) is 31.2 Å². The molecule has 2 aromatic rings. The summed E-state index contributed by atoms with van der Waals surface area (Å²) in [4.78, 5) is 12.4. The highest BCUT2D eigenvalue weighted by atomic mass is 32.2. The lowest BCUT2D eigenvalue weighted by Gasteiger charge is -2.10. The van der Waals surface area contributed by atoms with Crippen molar-refractivity contribution in [3.05, 3.63) is 65.2 Å². The summed E-state index contributed by atoms with van der Waals surface area (Å²) in [5.74, 6) is -0.322. The molecule has 6 nitrogen and oxygen atoms in total. The van der Waals surface area contributed by atoms with Crippen LogP contribution < -0.4 is 10.0 Å². The molecule has 0 aromatic heterocycles. The van der Waals surface area contributed by atoms with Crippen molar-refractivity contribution in [3.63, 3.8) is 0 Å². The Labute approximate surface area is 148 Å². The molecule has 0 atom stereocenters. The third kappa shape index (κ3) is 5.38. The first-order valence-corrected chi connectivity index (χ1v) is 9.34. The number of aryl methyl sites for hydroxylation is 1. The number of methoxy groups -OCH3 is 1. The van der Waals surface area contributed by atoms with E-state index in [1.54, 1.807) is 12.1 Å². The van der Waals surface area contributed by atoms with Gasteiger partial charge in [-0.05, 0) is 36.2 Å². The lowest BCUT2D eigenvalue weighted by atomic mass is 10.1. The Balaban J connectivity index is 2.07. The van der Waals surface area contributed by atoms with Gasteiger partial charge in [-0.3, -0.25) is 4.79 Å². The highest BCUT2D eigenvalue weighted by Gasteiger charge is 2.15. The summed E-state index contributed by atoms with van der Waals surface area (Å²) in [5.41, 5.74) is 2.39. The van der Waals surface area contributed by atoms with Crippen LogP contribution in [0.25, 0.3) is 0 Å². The van der Waals surface area contributed by atoms with Crippen molar-refractivity contribution in [3.8, 4) is 0 Å². The predicted molar refractivity (Wildman–Crippen MR) is 95.9 cm³/mol. The van der Waals surface area contributed by atoms with E-state index in [0.29, 0.717) is 12.1 Å². The van der Waals surface area contributed by atoms with Gasteiger partial charge in [0, 0.05) is 25.8 Å². The highest BCUT2D eigenvalue weighted by Crippen LogP contribution is 2.12. The largest absolute Gasteiger partial charge is 0.383 e. The minimum Gasteiger partial charge on any atom is -0.383 e. The molecular weight excluding hydrogens is 340 g/mol. The van der Waals surface area contributed by atoms with Gasteiger partial charge in [-0.25, -0.2) is 13.1 Å². The second kappa shape index (κ2) is 8.75. The van der Waals surface area contributed by atoms with E-state index in [0.717, 1.165) is 11.1 Å². The van der Waals surface area contributed by atoms with Gasteiger partial charge in [0.1, 0.15) is 0 Å². The van der Waals surface area contributed by atoms with Gasteiger partial charge in [0.25, 0.3) is 5.91 Å². The van der Waals surface area contributed by atoms with Gasteiger partial charge in [-0.1, -0.05) is 30.3 Å². The van der Waals surface area contributed by atoms with E-state index in [2.05, 4.69) is 10.0 Å². The summed E-state index contributed by atoms with van der Waals surface area (Å²) in [6, 6.07) is 13.7. The molecule has 0 aliphatic heterocycles. The molecule has 0 aliphatic carbocycles. The number of ether oxygens (including phenoxy) is 1. The number of hydrogen-bond donors (Lipinski definition) is 2. The smallest absolute Gasteiger partial charge is 0.251 e. The van der Waals surface area contributed by atoms with E-state index >= 15 is 0 Å². The fourth-order valence-electron chi connectivity index (χ4n) is 2.25. The molecule has 25 heavy (non-hydrogen) atoms. The number of carbonyl (C=O) groups excluding carboxylic acids is 1. The van der Waals surface area contributed by atoms with E-state index in [-0.39, 0.29) is 24.0 Å².